The van der Waals surface area contributed by atoms with Crippen molar-refractivity contribution in [2.45, 2.75) is 24.7 Å². The van der Waals surface area contributed by atoms with E-state index in [1.54, 1.807) is 12.1 Å². The van der Waals surface area contributed by atoms with Gasteiger partial charge in [-0.05, 0) is 31.9 Å². The molecule has 0 heterocycles. The summed E-state index contributed by atoms with van der Waals surface area (Å²) >= 11 is 1.47. The third-order valence-electron chi connectivity index (χ3n) is 3.46. The first-order valence-electron chi connectivity index (χ1n) is 8.38. The molecule has 8 heteroatoms. The summed E-state index contributed by atoms with van der Waals surface area (Å²) in [5.74, 6) is 1.64. The Bertz CT molecular complexity index is 569. The molecule has 0 aliphatic heterocycles. The van der Waals surface area contributed by atoms with Crippen molar-refractivity contribution in [1.82, 2.24) is 16.0 Å². The fourth-order valence-electron chi connectivity index (χ4n) is 2.07. The largest absolute Gasteiger partial charge is 0.357 e. The van der Waals surface area contributed by atoms with Crippen LogP contribution in [-0.2, 0) is 4.79 Å². The molecule has 3 N–H and O–H groups in total. The van der Waals surface area contributed by atoms with Gasteiger partial charge in [0.2, 0.25) is 5.91 Å². The minimum atomic E-state index is -0.186. The highest BCUT2D eigenvalue weighted by molar-refractivity contribution is 14.0. The van der Waals surface area contributed by atoms with E-state index in [-0.39, 0.29) is 41.6 Å². The first-order chi connectivity index (χ1) is 11.7. The topological polar surface area (TPSA) is 65.5 Å². The van der Waals surface area contributed by atoms with Crippen molar-refractivity contribution in [2.75, 3.05) is 31.9 Å². The maximum absolute atomic E-state index is 13.5. The molecule has 0 bridgehead atoms. The summed E-state index contributed by atoms with van der Waals surface area (Å²) in [5, 5.41) is 9.26. The van der Waals surface area contributed by atoms with Gasteiger partial charge in [-0.15, -0.1) is 35.7 Å². The van der Waals surface area contributed by atoms with Gasteiger partial charge in [-0.25, -0.2) is 4.39 Å². The first-order valence-corrected chi connectivity index (χ1v) is 9.36. The van der Waals surface area contributed by atoms with Crippen molar-refractivity contribution < 1.29 is 9.18 Å². The molecule has 1 amide bonds. The Morgan fingerprint density at radius 1 is 1.24 bits per heavy atom. The predicted molar refractivity (Wildman–Crippen MR) is 112 cm³/mol. The molecule has 2 rings (SSSR count). The van der Waals surface area contributed by atoms with Crippen molar-refractivity contribution in [3.63, 3.8) is 0 Å². The Morgan fingerprint density at radius 2 is 2.00 bits per heavy atom. The van der Waals surface area contributed by atoms with E-state index in [1.165, 1.54) is 17.8 Å². The molecule has 25 heavy (non-hydrogen) atoms. The van der Waals surface area contributed by atoms with E-state index >= 15 is 0 Å². The predicted octanol–water partition coefficient (Wildman–Crippen LogP) is 2.62. The molecule has 0 spiro atoms. The molecule has 0 atom stereocenters. The van der Waals surface area contributed by atoms with E-state index in [9.17, 15) is 9.18 Å². The molecule has 0 saturated heterocycles. The van der Waals surface area contributed by atoms with Gasteiger partial charge >= 0.3 is 0 Å². The standard InChI is InChI=1S/C17H25FN4OS.HI/c1-2-19-17(21-10-9-20-16(23)13-7-8-13)22-11-12-24-15-6-4-3-5-14(15)18;/h3-6,13H,2,7-12H2,1H3,(H,20,23)(H2,19,21,22);1H. The van der Waals surface area contributed by atoms with Crippen molar-refractivity contribution in [2.24, 2.45) is 10.9 Å². The van der Waals surface area contributed by atoms with Gasteiger partial charge in [0, 0.05) is 36.2 Å². The highest BCUT2D eigenvalue weighted by Gasteiger charge is 2.28. The van der Waals surface area contributed by atoms with Crippen LogP contribution in [0, 0.1) is 11.7 Å². The number of hydrogen-bond acceptors (Lipinski definition) is 3. The molecular formula is C17H26FIN4OS. The summed E-state index contributed by atoms with van der Waals surface area (Å²) < 4.78 is 13.5. The van der Waals surface area contributed by atoms with E-state index in [1.807, 2.05) is 13.0 Å². The first kappa shape index (κ1) is 22.0. The van der Waals surface area contributed by atoms with Gasteiger partial charge in [-0.2, -0.15) is 0 Å². The van der Waals surface area contributed by atoms with Crippen molar-refractivity contribution in [3.8, 4) is 0 Å². The summed E-state index contributed by atoms with van der Waals surface area (Å²) in [7, 11) is 0. The lowest BCUT2D eigenvalue weighted by molar-refractivity contribution is -0.122. The summed E-state index contributed by atoms with van der Waals surface area (Å²) in [5.41, 5.74) is 0. The highest BCUT2D eigenvalue weighted by atomic mass is 127. The van der Waals surface area contributed by atoms with Gasteiger partial charge in [-0.3, -0.25) is 9.79 Å². The van der Waals surface area contributed by atoms with Crippen LogP contribution in [0.3, 0.4) is 0 Å². The number of hydrogen-bond donors (Lipinski definition) is 3. The summed E-state index contributed by atoms with van der Waals surface area (Å²) in [6, 6.07) is 6.77. The smallest absolute Gasteiger partial charge is 0.223 e. The Hall–Kier alpha value is -1.03. The maximum atomic E-state index is 13.5. The van der Waals surface area contributed by atoms with E-state index in [2.05, 4.69) is 20.9 Å². The number of carbonyl (C=O) groups excluding carboxylic acids is 1. The zero-order chi connectivity index (χ0) is 17.2. The Kier molecular flexibility index (Phi) is 10.9. The van der Waals surface area contributed by atoms with Crippen LogP contribution in [0.5, 0.6) is 0 Å². The lowest BCUT2D eigenvalue weighted by Crippen LogP contribution is -2.39. The van der Waals surface area contributed by atoms with Crippen molar-refractivity contribution in [1.29, 1.82) is 0 Å². The molecule has 1 aromatic carbocycles. The molecule has 1 fully saturated rings. The Balaban J connectivity index is 0.00000312. The van der Waals surface area contributed by atoms with E-state index in [0.717, 1.165) is 25.1 Å². The van der Waals surface area contributed by atoms with E-state index in [4.69, 9.17) is 0 Å². The maximum Gasteiger partial charge on any atom is 0.223 e. The molecule has 1 saturated carbocycles. The van der Waals surface area contributed by atoms with E-state index in [0.29, 0.717) is 30.5 Å². The number of benzene rings is 1. The van der Waals surface area contributed by atoms with Gasteiger partial charge in [-0.1, -0.05) is 12.1 Å². The van der Waals surface area contributed by atoms with Crippen molar-refractivity contribution in [3.05, 3.63) is 30.1 Å². The molecule has 1 aliphatic rings. The number of thioether (sulfide) groups is 1. The molecule has 0 radical (unpaired) electrons. The normalized spacial score (nSPS) is 13.8. The molecule has 0 unspecified atom stereocenters. The van der Waals surface area contributed by atoms with Crippen LogP contribution in [0.1, 0.15) is 19.8 Å². The average Bonchev–Trinajstić information content (AvgIpc) is 3.41. The number of amides is 1. The zero-order valence-electron chi connectivity index (χ0n) is 14.4. The van der Waals surface area contributed by atoms with Gasteiger partial charge in [0.25, 0.3) is 0 Å². The second kappa shape index (κ2) is 12.3. The lowest BCUT2D eigenvalue weighted by atomic mass is 10.3. The third kappa shape index (κ3) is 8.75. The minimum absolute atomic E-state index is 0. The summed E-state index contributed by atoms with van der Waals surface area (Å²) in [4.78, 5) is 16.6. The zero-order valence-corrected chi connectivity index (χ0v) is 17.5. The van der Waals surface area contributed by atoms with Gasteiger partial charge in [0.1, 0.15) is 5.82 Å². The van der Waals surface area contributed by atoms with Gasteiger partial charge in [0.15, 0.2) is 5.96 Å². The number of rotatable bonds is 9. The Morgan fingerprint density at radius 3 is 2.68 bits per heavy atom. The third-order valence-corrected chi connectivity index (χ3v) is 4.51. The minimum Gasteiger partial charge on any atom is -0.357 e. The molecule has 1 aromatic rings. The highest BCUT2D eigenvalue weighted by Crippen LogP contribution is 2.28. The fraction of sp³-hybridized carbons (Fsp3) is 0.529. The van der Waals surface area contributed by atoms with Crippen LogP contribution < -0.4 is 16.0 Å². The van der Waals surface area contributed by atoms with Gasteiger partial charge in [0.05, 0.1) is 6.54 Å². The number of guanidine groups is 1. The molecular weight excluding hydrogens is 454 g/mol. The van der Waals surface area contributed by atoms with Crippen LogP contribution in [0.25, 0.3) is 0 Å². The van der Waals surface area contributed by atoms with Crippen LogP contribution in [0.15, 0.2) is 34.2 Å². The van der Waals surface area contributed by atoms with Crippen molar-refractivity contribution >= 4 is 47.6 Å². The van der Waals surface area contributed by atoms with Gasteiger partial charge < -0.3 is 16.0 Å². The summed E-state index contributed by atoms with van der Waals surface area (Å²) in [6.07, 6.45) is 2.03. The second-order valence-electron chi connectivity index (χ2n) is 5.53. The average molecular weight is 480 g/mol. The SMILES string of the molecule is CCNC(=NCCNC(=O)C1CC1)NCCSc1ccccc1F.I. The number of nitrogens with one attached hydrogen (secondary N) is 3. The number of carbonyl (C=O) groups is 1. The Labute approximate surface area is 170 Å². The van der Waals surface area contributed by atoms with E-state index < -0.39 is 0 Å². The van der Waals surface area contributed by atoms with Crippen LogP contribution in [0.2, 0.25) is 0 Å². The lowest BCUT2D eigenvalue weighted by Gasteiger charge is -2.11. The second-order valence-corrected chi connectivity index (χ2v) is 6.67. The quantitative estimate of drug-likeness (QED) is 0.167. The molecule has 1 aliphatic carbocycles. The number of nitrogens with zero attached hydrogens (tertiary/aromatic N) is 1. The van der Waals surface area contributed by atoms with Crippen LogP contribution >= 0.6 is 35.7 Å². The monoisotopic (exact) mass is 480 g/mol. The van der Waals surface area contributed by atoms with Crippen LogP contribution in [-0.4, -0.2) is 43.8 Å². The fourth-order valence-corrected chi connectivity index (χ4v) is 2.88. The summed E-state index contributed by atoms with van der Waals surface area (Å²) in [6.45, 7) is 4.53. The molecule has 0 aromatic heterocycles. The molecule has 5 nitrogen and oxygen atoms in total. The number of halogens is 2. The number of aliphatic imine (C=N–C) groups is 1. The van der Waals surface area contributed by atoms with Crippen LogP contribution in [0.4, 0.5) is 4.39 Å². The molecule has 140 valence electrons.